The van der Waals surface area contributed by atoms with Crippen LogP contribution in [0.2, 0.25) is 5.02 Å². The highest BCUT2D eigenvalue weighted by Crippen LogP contribution is 2.22. The number of benzene rings is 1. The summed E-state index contributed by atoms with van der Waals surface area (Å²) >= 11 is 6.11. The first-order chi connectivity index (χ1) is 9.06. The smallest absolute Gasteiger partial charge is 0.328 e. The first-order valence-corrected chi connectivity index (χ1v) is 6.51. The first-order valence-electron chi connectivity index (χ1n) is 6.13. The Morgan fingerprint density at radius 3 is 2.89 bits per heavy atom. The zero-order valence-corrected chi connectivity index (χ0v) is 11.2. The Bertz CT molecular complexity index is 501. The number of aliphatic hydroxyl groups excluding tert-OH is 1. The van der Waals surface area contributed by atoms with Crippen LogP contribution in [-0.4, -0.2) is 40.3 Å². The third kappa shape index (κ3) is 3.80. The minimum absolute atomic E-state index is 0.457. The van der Waals surface area contributed by atoms with Gasteiger partial charge in [0, 0.05) is 30.7 Å². The van der Waals surface area contributed by atoms with Crippen LogP contribution in [0.3, 0.4) is 0 Å². The van der Waals surface area contributed by atoms with E-state index in [4.69, 9.17) is 16.7 Å². The molecule has 0 amide bonds. The van der Waals surface area contributed by atoms with Crippen LogP contribution in [0.25, 0.3) is 0 Å². The highest BCUT2D eigenvalue weighted by Gasteiger charge is 2.23. The molecule has 1 atom stereocenters. The van der Waals surface area contributed by atoms with Crippen molar-refractivity contribution < 1.29 is 15.0 Å². The van der Waals surface area contributed by atoms with Gasteiger partial charge >= 0.3 is 5.97 Å². The molecule has 102 valence electrons. The molecule has 4 nitrogen and oxygen atoms in total. The van der Waals surface area contributed by atoms with Gasteiger partial charge < -0.3 is 10.2 Å². The molecule has 0 aromatic heterocycles. The number of likely N-dealkylation sites (tertiary alicyclic amines) is 1. The van der Waals surface area contributed by atoms with Crippen molar-refractivity contribution in [1.29, 1.82) is 0 Å². The van der Waals surface area contributed by atoms with Crippen molar-refractivity contribution in [1.82, 2.24) is 4.90 Å². The van der Waals surface area contributed by atoms with Gasteiger partial charge in [-0.3, -0.25) is 4.90 Å². The maximum Gasteiger partial charge on any atom is 0.328 e. The number of halogens is 1. The number of nitrogens with zero attached hydrogens (tertiary/aromatic N) is 1. The molecule has 5 heteroatoms. The molecule has 1 aromatic rings. The van der Waals surface area contributed by atoms with Crippen LogP contribution < -0.4 is 0 Å². The highest BCUT2D eigenvalue weighted by atomic mass is 35.5. The molecular weight excluding hydrogens is 266 g/mol. The second kappa shape index (κ2) is 6.19. The van der Waals surface area contributed by atoms with Crippen molar-refractivity contribution in [2.45, 2.75) is 19.1 Å². The first kappa shape index (κ1) is 14.1. The molecule has 19 heavy (non-hydrogen) atoms. The number of aliphatic hydroxyl groups is 1. The Kier molecular flexibility index (Phi) is 4.58. The zero-order valence-electron chi connectivity index (χ0n) is 10.4. The van der Waals surface area contributed by atoms with E-state index in [2.05, 4.69) is 4.90 Å². The van der Waals surface area contributed by atoms with E-state index in [9.17, 15) is 9.90 Å². The van der Waals surface area contributed by atoms with Crippen LogP contribution in [0.15, 0.2) is 35.9 Å². The second-order valence-corrected chi connectivity index (χ2v) is 5.07. The summed E-state index contributed by atoms with van der Waals surface area (Å²) < 4.78 is 0. The number of aliphatic carboxylic acids is 1. The lowest BCUT2D eigenvalue weighted by Gasteiger charge is -2.31. The molecule has 1 aromatic carbocycles. The Morgan fingerprint density at radius 1 is 1.47 bits per heavy atom. The molecule has 0 radical (unpaired) electrons. The summed E-state index contributed by atoms with van der Waals surface area (Å²) in [5, 5.41) is 19.3. The minimum atomic E-state index is -1.02. The van der Waals surface area contributed by atoms with Crippen LogP contribution in [0.5, 0.6) is 0 Å². The number of carboxylic acids is 1. The van der Waals surface area contributed by atoms with Crippen molar-refractivity contribution >= 4 is 17.6 Å². The van der Waals surface area contributed by atoms with Crippen LogP contribution in [0.4, 0.5) is 0 Å². The maximum atomic E-state index is 10.7. The third-order valence-corrected chi connectivity index (χ3v) is 3.58. The summed E-state index contributed by atoms with van der Waals surface area (Å²) in [5.74, 6) is -1.02. The van der Waals surface area contributed by atoms with Crippen molar-refractivity contribution in [3.05, 3.63) is 46.5 Å². The molecule has 0 bridgehead atoms. The lowest BCUT2D eigenvalue weighted by atomic mass is 10.0. The molecule has 1 aliphatic heterocycles. The van der Waals surface area contributed by atoms with Gasteiger partial charge in [0.15, 0.2) is 0 Å². The highest BCUT2D eigenvalue weighted by molar-refractivity contribution is 6.31. The number of carboxylic acid groups (broad SMARTS) is 1. The van der Waals surface area contributed by atoms with Gasteiger partial charge in [0.25, 0.3) is 0 Å². The number of piperidine rings is 1. The molecule has 1 unspecified atom stereocenters. The molecule has 0 spiro atoms. The third-order valence-electron chi connectivity index (χ3n) is 3.21. The predicted octanol–water partition coefficient (Wildman–Crippen LogP) is 1.92. The Balaban J connectivity index is 2.07. The van der Waals surface area contributed by atoms with Gasteiger partial charge in [-0.05, 0) is 23.6 Å². The minimum Gasteiger partial charge on any atom is -0.478 e. The van der Waals surface area contributed by atoms with Gasteiger partial charge in [-0.25, -0.2) is 4.79 Å². The van der Waals surface area contributed by atoms with E-state index in [1.54, 1.807) is 0 Å². The van der Waals surface area contributed by atoms with Crippen molar-refractivity contribution in [3.63, 3.8) is 0 Å². The van der Waals surface area contributed by atoms with Gasteiger partial charge in [0.05, 0.1) is 6.10 Å². The number of hydrogen-bond acceptors (Lipinski definition) is 3. The molecule has 1 saturated heterocycles. The number of rotatable bonds is 3. The Labute approximate surface area is 116 Å². The van der Waals surface area contributed by atoms with Crippen molar-refractivity contribution in [3.8, 4) is 0 Å². The van der Waals surface area contributed by atoms with E-state index in [1.165, 1.54) is 0 Å². The summed E-state index contributed by atoms with van der Waals surface area (Å²) in [6.45, 7) is 1.84. The standard InChI is InChI=1S/C14H16ClNO3/c15-12-4-2-1-3-10(12)8-16-6-5-13(17)11(9-16)7-14(18)19/h1-4,7,13,17H,5-6,8-9H2,(H,18,19)/b11-7+. The van der Waals surface area contributed by atoms with Crippen molar-refractivity contribution in [2.24, 2.45) is 0 Å². The summed E-state index contributed by atoms with van der Waals surface area (Å²) in [5.41, 5.74) is 1.56. The quantitative estimate of drug-likeness (QED) is 0.831. The summed E-state index contributed by atoms with van der Waals surface area (Å²) in [6, 6.07) is 7.59. The van der Waals surface area contributed by atoms with E-state index < -0.39 is 12.1 Å². The molecule has 1 aliphatic rings. The molecule has 0 saturated carbocycles. The van der Waals surface area contributed by atoms with Crippen molar-refractivity contribution in [2.75, 3.05) is 13.1 Å². The van der Waals surface area contributed by atoms with E-state index >= 15 is 0 Å². The number of carbonyl (C=O) groups is 1. The van der Waals surface area contributed by atoms with Gasteiger partial charge in [0.2, 0.25) is 0 Å². The fourth-order valence-corrected chi connectivity index (χ4v) is 2.43. The SMILES string of the molecule is O=C(O)/C=C1\CN(Cc2ccccc2Cl)CCC1O. The van der Waals surface area contributed by atoms with E-state index in [0.717, 1.165) is 18.2 Å². The summed E-state index contributed by atoms with van der Waals surface area (Å²) in [4.78, 5) is 12.8. The second-order valence-electron chi connectivity index (χ2n) is 4.66. The summed E-state index contributed by atoms with van der Waals surface area (Å²) in [7, 11) is 0. The molecule has 0 aliphatic carbocycles. The van der Waals surface area contributed by atoms with Crippen LogP contribution in [0.1, 0.15) is 12.0 Å². The number of hydrogen-bond donors (Lipinski definition) is 2. The molecule has 2 rings (SSSR count). The lowest BCUT2D eigenvalue weighted by molar-refractivity contribution is -0.131. The van der Waals surface area contributed by atoms with E-state index in [0.29, 0.717) is 30.1 Å². The fourth-order valence-electron chi connectivity index (χ4n) is 2.24. The Morgan fingerprint density at radius 2 is 2.21 bits per heavy atom. The van der Waals surface area contributed by atoms with Crippen LogP contribution in [0, 0.1) is 0 Å². The van der Waals surface area contributed by atoms with Crippen LogP contribution in [-0.2, 0) is 11.3 Å². The van der Waals surface area contributed by atoms with E-state index in [-0.39, 0.29) is 0 Å². The molecule has 1 heterocycles. The van der Waals surface area contributed by atoms with Gasteiger partial charge in [-0.1, -0.05) is 29.8 Å². The van der Waals surface area contributed by atoms with E-state index in [1.807, 2.05) is 24.3 Å². The molecular formula is C14H16ClNO3. The normalized spacial score (nSPS) is 22.6. The average Bonchev–Trinajstić information content (AvgIpc) is 2.35. The maximum absolute atomic E-state index is 10.7. The fraction of sp³-hybridized carbons (Fsp3) is 0.357. The summed E-state index contributed by atoms with van der Waals surface area (Å²) in [6.07, 6.45) is 0.992. The Hall–Kier alpha value is -1.36. The van der Waals surface area contributed by atoms with Crippen LogP contribution >= 0.6 is 11.6 Å². The van der Waals surface area contributed by atoms with Gasteiger partial charge in [-0.2, -0.15) is 0 Å². The van der Waals surface area contributed by atoms with Gasteiger partial charge in [0.1, 0.15) is 0 Å². The largest absolute Gasteiger partial charge is 0.478 e. The zero-order chi connectivity index (χ0) is 13.8. The lowest BCUT2D eigenvalue weighted by Crippen LogP contribution is -2.37. The molecule has 1 fully saturated rings. The predicted molar refractivity (Wildman–Crippen MR) is 73.1 cm³/mol. The van der Waals surface area contributed by atoms with Gasteiger partial charge in [-0.15, -0.1) is 0 Å². The monoisotopic (exact) mass is 281 g/mol. The average molecular weight is 282 g/mol. The molecule has 2 N–H and O–H groups in total. The topological polar surface area (TPSA) is 60.8 Å².